The third-order valence-corrected chi connectivity index (χ3v) is 6.91. The van der Waals surface area contributed by atoms with E-state index in [-0.39, 0.29) is 11.8 Å². The largest absolute Gasteiger partial charge is 0.444 e. The zero-order valence-electron chi connectivity index (χ0n) is 22.6. The molecule has 0 saturated carbocycles. The van der Waals surface area contributed by atoms with Crippen LogP contribution in [-0.2, 0) is 22.4 Å². The average molecular weight is 517 g/mol. The number of aromatic nitrogens is 3. The van der Waals surface area contributed by atoms with Crippen LogP contribution in [0, 0.1) is 0 Å². The van der Waals surface area contributed by atoms with E-state index in [4.69, 9.17) is 14.7 Å². The second kappa shape index (κ2) is 11.5. The summed E-state index contributed by atoms with van der Waals surface area (Å²) < 4.78 is 5.33. The Morgan fingerprint density at radius 3 is 2.44 bits per heavy atom. The molecule has 1 aliphatic heterocycles. The molecule has 0 bridgehead atoms. The fraction of sp³-hybridized carbons (Fsp3) is 0.654. The van der Waals surface area contributed by atoms with Crippen LogP contribution in [-0.4, -0.2) is 56.1 Å². The number of ether oxygens (including phenoxy) is 1. The van der Waals surface area contributed by atoms with Crippen molar-refractivity contribution in [2.75, 3.05) is 18.4 Å². The summed E-state index contributed by atoms with van der Waals surface area (Å²) >= 11 is 1.65. The highest BCUT2D eigenvalue weighted by Crippen LogP contribution is 2.29. The Bertz CT molecular complexity index is 1050. The second-order valence-electron chi connectivity index (χ2n) is 10.8. The zero-order chi connectivity index (χ0) is 26.5. The van der Waals surface area contributed by atoms with Crippen molar-refractivity contribution in [1.82, 2.24) is 25.2 Å². The Balaban J connectivity index is 1.64. The first-order valence-electron chi connectivity index (χ1n) is 12.8. The van der Waals surface area contributed by atoms with E-state index in [9.17, 15) is 9.59 Å². The minimum Gasteiger partial charge on any atom is -0.444 e. The monoisotopic (exact) mass is 516 g/mol. The SMILES string of the molecule is CCCc1cnc(Nc2cc(CC)nc(C3CCN(C(=O)C(C)(C)NC(=O)OC(C)(C)C)CC3)n2)s1. The lowest BCUT2D eigenvalue weighted by Gasteiger charge is -2.37. The molecule has 2 aromatic heterocycles. The van der Waals surface area contributed by atoms with Gasteiger partial charge in [0.1, 0.15) is 22.8 Å². The topological polar surface area (TPSA) is 109 Å². The molecule has 9 nitrogen and oxygen atoms in total. The molecule has 198 valence electrons. The first-order chi connectivity index (χ1) is 16.9. The molecule has 1 aliphatic rings. The van der Waals surface area contributed by atoms with Gasteiger partial charge in [-0.3, -0.25) is 4.79 Å². The van der Waals surface area contributed by atoms with E-state index in [1.54, 1.807) is 46.0 Å². The van der Waals surface area contributed by atoms with Crippen LogP contribution in [0.25, 0.3) is 0 Å². The molecule has 2 amide bonds. The van der Waals surface area contributed by atoms with Gasteiger partial charge in [-0.25, -0.2) is 19.7 Å². The highest BCUT2D eigenvalue weighted by molar-refractivity contribution is 7.15. The molecule has 0 atom stereocenters. The molecule has 36 heavy (non-hydrogen) atoms. The third kappa shape index (κ3) is 7.62. The van der Waals surface area contributed by atoms with E-state index in [1.807, 2.05) is 17.2 Å². The summed E-state index contributed by atoms with van der Waals surface area (Å²) in [5.74, 6) is 1.61. The smallest absolute Gasteiger partial charge is 0.408 e. The molecule has 3 heterocycles. The van der Waals surface area contributed by atoms with Crippen molar-refractivity contribution in [3.8, 4) is 0 Å². The number of hydrogen-bond acceptors (Lipinski definition) is 8. The molecule has 0 spiro atoms. The first kappa shape index (κ1) is 27.8. The van der Waals surface area contributed by atoms with Crippen LogP contribution in [0.15, 0.2) is 12.3 Å². The van der Waals surface area contributed by atoms with Crippen LogP contribution in [0.3, 0.4) is 0 Å². The summed E-state index contributed by atoms with van der Waals surface area (Å²) in [5, 5.41) is 6.91. The number of hydrogen-bond donors (Lipinski definition) is 2. The second-order valence-corrected chi connectivity index (χ2v) is 11.9. The van der Waals surface area contributed by atoms with Gasteiger partial charge in [-0.15, -0.1) is 11.3 Å². The van der Waals surface area contributed by atoms with Gasteiger partial charge < -0.3 is 20.3 Å². The Hall–Kier alpha value is -2.75. The van der Waals surface area contributed by atoms with Crippen molar-refractivity contribution in [1.29, 1.82) is 0 Å². The fourth-order valence-electron chi connectivity index (χ4n) is 4.13. The van der Waals surface area contributed by atoms with E-state index in [0.717, 1.165) is 54.6 Å². The number of anilines is 2. The number of thiazole rings is 1. The molecular formula is C26H40N6O3S. The Labute approximate surface area is 218 Å². The highest BCUT2D eigenvalue weighted by Gasteiger charge is 2.37. The highest BCUT2D eigenvalue weighted by atomic mass is 32.1. The van der Waals surface area contributed by atoms with Gasteiger partial charge in [-0.1, -0.05) is 20.3 Å². The van der Waals surface area contributed by atoms with Crippen LogP contribution < -0.4 is 10.6 Å². The summed E-state index contributed by atoms with van der Waals surface area (Å²) in [7, 11) is 0. The van der Waals surface area contributed by atoms with E-state index in [1.165, 1.54) is 4.88 Å². The lowest BCUT2D eigenvalue weighted by Crippen LogP contribution is -2.57. The number of carbonyl (C=O) groups is 2. The predicted octanol–water partition coefficient (Wildman–Crippen LogP) is 5.20. The van der Waals surface area contributed by atoms with E-state index < -0.39 is 17.2 Å². The van der Waals surface area contributed by atoms with Crippen molar-refractivity contribution >= 4 is 34.3 Å². The van der Waals surface area contributed by atoms with Gasteiger partial charge in [0.25, 0.3) is 0 Å². The molecule has 1 saturated heterocycles. The zero-order valence-corrected chi connectivity index (χ0v) is 23.4. The number of nitrogens with zero attached hydrogens (tertiary/aromatic N) is 4. The molecule has 0 aliphatic carbocycles. The van der Waals surface area contributed by atoms with Gasteiger partial charge in [0.2, 0.25) is 5.91 Å². The van der Waals surface area contributed by atoms with Crippen LogP contribution in [0.4, 0.5) is 15.7 Å². The number of amides is 2. The van der Waals surface area contributed by atoms with E-state index in [2.05, 4.69) is 29.5 Å². The number of rotatable bonds is 8. The lowest BCUT2D eigenvalue weighted by molar-refractivity contribution is -0.138. The van der Waals surface area contributed by atoms with Crippen LogP contribution >= 0.6 is 11.3 Å². The summed E-state index contributed by atoms with van der Waals surface area (Å²) in [5.41, 5.74) is -0.705. The number of aryl methyl sites for hydroxylation is 2. The third-order valence-electron chi connectivity index (χ3n) is 5.94. The number of piperidine rings is 1. The molecule has 3 rings (SSSR count). The van der Waals surface area contributed by atoms with Gasteiger partial charge in [0, 0.05) is 41.8 Å². The summed E-state index contributed by atoms with van der Waals surface area (Å²) in [6.45, 7) is 14.2. The van der Waals surface area contributed by atoms with Crippen molar-refractivity contribution in [2.24, 2.45) is 0 Å². The van der Waals surface area contributed by atoms with Gasteiger partial charge in [0.15, 0.2) is 5.13 Å². The summed E-state index contributed by atoms with van der Waals surface area (Å²) in [6.07, 6.45) is 5.78. The standard InChI is InChI=1S/C26H40N6O3S/c1-8-10-19-16-27-23(36-19)30-20-15-18(9-2)28-21(29-20)17-11-13-32(14-12-17)22(33)26(6,7)31-24(34)35-25(3,4)5/h15-17H,8-14H2,1-7H3,(H,31,34)(H,27,28,29,30). The molecular weight excluding hydrogens is 476 g/mol. The van der Waals surface area contributed by atoms with Gasteiger partial charge in [-0.2, -0.15) is 0 Å². The number of likely N-dealkylation sites (tertiary alicyclic amines) is 1. The summed E-state index contributed by atoms with van der Waals surface area (Å²) in [6, 6.07) is 1.98. The Kier molecular flexibility index (Phi) is 8.92. The quantitative estimate of drug-likeness (QED) is 0.496. The first-order valence-corrected chi connectivity index (χ1v) is 13.6. The molecule has 2 aromatic rings. The molecule has 0 radical (unpaired) electrons. The molecule has 1 fully saturated rings. The normalized spacial score (nSPS) is 15.0. The van der Waals surface area contributed by atoms with Gasteiger partial charge in [-0.05, 0) is 60.3 Å². The fourth-order valence-corrected chi connectivity index (χ4v) is 5.05. The Morgan fingerprint density at radius 1 is 1.14 bits per heavy atom. The van der Waals surface area contributed by atoms with E-state index >= 15 is 0 Å². The molecule has 0 unspecified atom stereocenters. The van der Waals surface area contributed by atoms with Gasteiger partial charge >= 0.3 is 6.09 Å². The van der Waals surface area contributed by atoms with Crippen LogP contribution in [0.2, 0.25) is 0 Å². The predicted molar refractivity (Wildman–Crippen MR) is 143 cm³/mol. The van der Waals surface area contributed by atoms with Gasteiger partial charge in [0.05, 0.1) is 0 Å². The van der Waals surface area contributed by atoms with Crippen LogP contribution in [0.1, 0.15) is 90.0 Å². The average Bonchev–Trinajstić information content (AvgIpc) is 3.23. The van der Waals surface area contributed by atoms with Crippen molar-refractivity contribution in [2.45, 2.75) is 97.6 Å². The van der Waals surface area contributed by atoms with Crippen LogP contribution in [0.5, 0.6) is 0 Å². The van der Waals surface area contributed by atoms with E-state index in [0.29, 0.717) is 13.1 Å². The maximum absolute atomic E-state index is 13.2. The van der Waals surface area contributed by atoms with Crippen molar-refractivity contribution < 1.29 is 14.3 Å². The lowest BCUT2D eigenvalue weighted by atomic mass is 9.93. The minimum atomic E-state index is -1.06. The maximum Gasteiger partial charge on any atom is 0.408 e. The summed E-state index contributed by atoms with van der Waals surface area (Å²) in [4.78, 5) is 42.6. The number of nitrogens with one attached hydrogen (secondary N) is 2. The number of alkyl carbamates (subject to hydrolysis) is 1. The minimum absolute atomic E-state index is 0.121. The number of carbonyl (C=O) groups excluding carboxylic acids is 2. The molecule has 2 N–H and O–H groups in total. The Morgan fingerprint density at radius 2 is 1.83 bits per heavy atom. The molecule has 0 aromatic carbocycles. The maximum atomic E-state index is 13.2. The van der Waals surface area contributed by atoms with Crippen molar-refractivity contribution in [3.63, 3.8) is 0 Å². The molecule has 10 heteroatoms. The van der Waals surface area contributed by atoms with Crippen molar-refractivity contribution in [3.05, 3.63) is 28.7 Å².